The summed E-state index contributed by atoms with van der Waals surface area (Å²) in [5, 5.41) is 6.08. The maximum Gasteiger partial charge on any atom is 0.0542 e. The second kappa shape index (κ2) is 3.67. The fraction of sp³-hybridized carbons (Fsp3) is 0.200. The van der Waals surface area contributed by atoms with Crippen LogP contribution in [-0.4, -0.2) is 6.04 Å². The second-order valence-electron chi connectivity index (χ2n) is 4.48. The Morgan fingerprint density at radius 1 is 1.06 bits per heavy atom. The van der Waals surface area contributed by atoms with Gasteiger partial charge in [-0.1, -0.05) is 54.1 Å². The van der Waals surface area contributed by atoms with Crippen LogP contribution in [0, 0.1) is 5.92 Å². The fourth-order valence-electron chi connectivity index (χ4n) is 2.34. The van der Waals surface area contributed by atoms with Crippen molar-refractivity contribution in [1.29, 1.82) is 0 Å². The third-order valence-electron chi connectivity index (χ3n) is 3.24. The molecular formula is C15H15N. The highest BCUT2D eigenvalue weighted by Gasteiger charge is 2.17. The summed E-state index contributed by atoms with van der Waals surface area (Å²) in [6.45, 7) is 2.15. The molecule has 1 aliphatic carbocycles. The molecule has 0 aromatic heterocycles. The van der Waals surface area contributed by atoms with E-state index in [1.54, 1.807) is 0 Å². The summed E-state index contributed by atoms with van der Waals surface area (Å²) in [4.78, 5) is 0. The van der Waals surface area contributed by atoms with Crippen LogP contribution in [0.5, 0.6) is 0 Å². The van der Waals surface area contributed by atoms with Gasteiger partial charge in [0.15, 0.2) is 0 Å². The van der Waals surface area contributed by atoms with Crippen molar-refractivity contribution in [1.82, 2.24) is 5.32 Å². The van der Waals surface area contributed by atoms with Crippen molar-refractivity contribution in [3.05, 3.63) is 58.5 Å². The lowest BCUT2D eigenvalue weighted by atomic mass is 9.92. The molecule has 1 aliphatic heterocycles. The highest BCUT2D eigenvalue weighted by molar-refractivity contribution is 5.45. The van der Waals surface area contributed by atoms with Crippen molar-refractivity contribution in [2.24, 2.45) is 5.92 Å². The number of nitrogens with one attached hydrogen (secondary N) is 1. The number of hydrogen-bond donors (Lipinski definition) is 1. The van der Waals surface area contributed by atoms with Gasteiger partial charge < -0.3 is 5.32 Å². The number of allylic oxidation sites excluding steroid dienone is 2. The molecule has 2 unspecified atom stereocenters. The van der Waals surface area contributed by atoms with E-state index < -0.39 is 0 Å². The molecule has 2 atom stereocenters. The molecule has 1 heterocycles. The minimum atomic E-state index is 0.400. The summed E-state index contributed by atoms with van der Waals surface area (Å²) in [5.74, 6) is 0.462. The quantitative estimate of drug-likeness (QED) is 0.679. The van der Waals surface area contributed by atoms with Crippen molar-refractivity contribution in [2.75, 3.05) is 0 Å². The molecule has 0 radical (unpaired) electrons. The minimum Gasteiger partial charge on any atom is -0.383 e. The maximum atomic E-state index is 3.49. The molecule has 1 heteroatoms. The van der Waals surface area contributed by atoms with Gasteiger partial charge in [0.2, 0.25) is 0 Å². The highest BCUT2D eigenvalue weighted by Crippen LogP contribution is 2.18. The minimum absolute atomic E-state index is 0.400. The standard InChI is InChI=1S/C15H15N/c1-11-6-7-13-9-12-4-2-3-5-14(12)10-16-15(13)8-11/h2-10,13,15-16H,1H3. The van der Waals surface area contributed by atoms with Crippen LogP contribution in [0.25, 0.3) is 12.3 Å². The SMILES string of the molecule is CC1=CC2NC=c3ccccc3=CC2C=C1. The molecular weight excluding hydrogens is 194 g/mol. The summed E-state index contributed by atoms with van der Waals surface area (Å²) in [5.41, 5.74) is 1.33. The van der Waals surface area contributed by atoms with Gasteiger partial charge in [-0.2, -0.15) is 0 Å². The van der Waals surface area contributed by atoms with Crippen LogP contribution in [0.15, 0.2) is 48.1 Å². The second-order valence-corrected chi connectivity index (χ2v) is 4.48. The molecule has 0 bridgehead atoms. The topological polar surface area (TPSA) is 12.0 Å². The first-order valence-electron chi connectivity index (χ1n) is 5.73. The van der Waals surface area contributed by atoms with Crippen LogP contribution >= 0.6 is 0 Å². The summed E-state index contributed by atoms with van der Waals surface area (Å²) in [6.07, 6.45) is 11.2. The van der Waals surface area contributed by atoms with E-state index in [-0.39, 0.29) is 0 Å². The third kappa shape index (κ3) is 1.58. The van der Waals surface area contributed by atoms with Crippen molar-refractivity contribution < 1.29 is 0 Å². The predicted octanol–water partition coefficient (Wildman–Crippen LogP) is 1.31. The van der Waals surface area contributed by atoms with Crippen LogP contribution in [0.3, 0.4) is 0 Å². The summed E-state index contributed by atoms with van der Waals surface area (Å²) in [6, 6.07) is 8.90. The molecule has 2 aliphatic rings. The van der Waals surface area contributed by atoms with Crippen molar-refractivity contribution in [2.45, 2.75) is 13.0 Å². The highest BCUT2D eigenvalue weighted by atomic mass is 14.9. The van der Waals surface area contributed by atoms with Gasteiger partial charge in [-0.15, -0.1) is 0 Å². The first kappa shape index (κ1) is 9.46. The van der Waals surface area contributed by atoms with Gasteiger partial charge in [0.25, 0.3) is 0 Å². The zero-order valence-corrected chi connectivity index (χ0v) is 9.35. The fourth-order valence-corrected chi connectivity index (χ4v) is 2.34. The lowest BCUT2D eigenvalue weighted by Gasteiger charge is -2.22. The Balaban J connectivity index is 2.15. The van der Waals surface area contributed by atoms with Gasteiger partial charge in [-0.3, -0.25) is 0 Å². The van der Waals surface area contributed by atoms with Crippen LogP contribution in [0.4, 0.5) is 0 Å². The third-order valence-corrected chi connectivity index (χ3v) is 3.24. The number of hydrogen-bond acceptors (Lipinski definition) is 1. The maximum absolute atomic E-state index is 3.49. The molecule has 0 spiro atoms. The predicted molar refractivity (Wildman–Crippen MR) is 67.9 cm³/mol. The summed E-state index contributed by atoms with van der Waals surface area (Å²) < 4.78 is 0. The molecule has 3 rings (SSSR count). The van der Waals surface area contributed by atoms with E-state index in [0.29, 0.717) is 12.0 Å². The zero-order valence-electron chi connectivity index (χ0n) is 9.35. The van der Waals surface area contributed by atoms with Crippen molar-refractivity contribution in [3.63, 3.8) is 0 Å². The molecule has 0 amide bonds. The first-order valence-corrected chi connectivity index (χ1v) is 5.73. The van der Waals surface area contributed by atoms with E-state index >= 15 is 0 Å². The van der Waals surface area contributed by atoms with E-state index in [1.807, 2.05) is 0 Å². The zero-order chi connectivity index (χ0) is 11.0. The number of benzene rings is 1. The number of rotatable bonds is 0. The monoisotopic (exact) mass is 209 g/mol. The smallest absolute Gasteiger partial charge is 0.0542 e. The first-order chi connectivity index (χ1) is 7.83. The van der Waals surface area contributed by atoms with E-state index in [1.165, 1.54) is 16.0 Å². The normalized spacial score (nSPS) is 26.2. The largest absolute Gasteiger partial charge is 0.383 e. The molecule has 0 fully saturated rings. The molecule has 0 saturated heterocycles. The van der Waals surface area contributed by atoms with Gasteiger partial charge >= 0.3 is 0 Å². The van der Waals surface area contributed by atoms with Gasteiger partial charge in [0, 0.05) is 12.1 Å². The van der Waals surface area contributed by atoms with E-state index in [0.717, 1.165) is 0 Å². The molecule has 80 valence electrons. The number of fused-ring (bicyclic) bond motifs is 2. The molecule has 1 nitrogen and oxygen atoms in total. The van der Waals surface area contributed by atoms with Gasteiger partial charge in [-0.25, -0.2) is 0 Å². The summed E-state index contributed by atoms with van der Waals surface area (Å²) in [7, 11) is 0. The molecule has 1 aromatic carbocycles. The Bertz CT molecular complexity index is 578. The van der Waals surface area contributed by atoms with Gasteiger partial charge in [0.1, 0.15) is 0 Å². The van der Waals surface area contributed by atoms with Gasteiger partial charge in [0.05, 0.1) is 6.04 Å². The molecule has 0 saturated carbocycles. The molecule has 1 N–H and O–H groups in total. The lowest BCUT2D eigenvalue weighted by molar-refractivity contribution is 0.642. The van der Waals surface area contributed by atoms with Crippen LogP contribution in [-0.2, 0) is 0 Å². The van der Waals surface area contributed by atoms with E-state index in [4.69, 9.17) is 0 Å². The molecule has 16 heavy (non-hydrogen) atoms. The average molecular weight is 209 g/mol. The summed E-state index contributed by atoms with van der Waals surface area (Å²) >= 11 is 0. The van der Waals surface area contributed by atoms with Gasteiger partial charge in [-0.05, 0) is 17.4 Å². The van der Waals surface area contributed by atoms with Crippen molar-refractivity contribution >= 4 is 12.3 Å². The molecule has 1 aromatic rings. The van der Waals surface area contributed by atoms with Crippen LogP contribution in [0.2, 0.25) is 0 Å². The Labute approximate surface area is 95.5 Å². The lowest BCUT2D eigenvalue weighted by Crippen LogP contribution is -2.30. The van der Waals surface area contributed by atoms with E-state index in [2.05, 4.69) is 67.0 Å². The Kier molecular flexibility index (Phi) is 2.17. The Morgan fingerprint density at radius 3 is 2.75 bits per heavy atom. The average Bonchev–Trinajstić information content (AvgIpc) is 2.48. The Morgan fingerprint density at radius 2 is 1.88 bits per heavy atom. The van der Waals surface area contributed by atoms with Crippen LogP contribution in [0.1, 0.15) is 6.92 Å². The van der Waals surface area contributed by atoms with Crippen molar-refractivity contribution in [3.8, 4) is 0 Å². The van der Waals surface area contributed by atoms with E-state index in [9.17, 15) is 0 Å². The Hall–Kier alpha value is -1.76. The van der Waals surface area contributed by atoms with Crippen LogP contribution < -0.4 is 15.8 Å².